The number of thiazole rings is 2. The Morgan fingerprint density at radius 2 is 1.96 bits per heavy atom. The summed E-state index contributed by atoms with van der Waals surface area (Å²) in [6.07, 6.45) is 1.27. The summed E-state index contributed by atoms with van der Waals surface area (Å²) >= 11 is 2.60. The van der Waals surface area contributed by atoms with Gasteiger partial charge in [-0.25, -0.2) is 9.97 Å². The van der Waals surface area contributed by atoms with Crippen LogP contribution < -0.4 is 5.32 Å². The second kappa shape index (κ2) is 5.46. The standard InChI is InChI=1S/C17H15N3O2S2/c1-17(2)7-10-13(11(21)8-17)24-16(19-10)20-14(22)15-18-9-5-3-4-6-12(9)23-15/h3-6H,7-8H2,1-2H3,(H,19,20,22). The van der Waals surface area contributed by atoms with Gasteiger partial charge in [0.1, 0.15) is 0 Å². The number of ketones is 1. The van der Waals surface area contributed by atoms with Crippen molar-refractivity contribution < 1.29 is 9.59 Å². The average molecular weight is 357 g/mol. The Kier molecular flexibility index (Phi) is 3.51. The van der Waals surface area contributed by atoms with Crippen molar-refractivity contribution in [2.24, 2.45) is 5.41 Å². The minimum absolute atomic E-state index is 0.0769. The molecule has 0 fully saturated rings. The highest BCUT2D eigenvalue weighted by Gasteiger charge is 2.34. The second-order valence-electron chi connectivity index (χ2n) is 6.68. The van der Waals surface area contributed by atoms with E-state index in [1.807, 2.05) is 24.3 Å². The molecule has 1 aromatic carbocycles. The highest BCUT2D eigenvalue weighted by molar-refractivity contribution is 7.20. The van der Waals surface area contributed by atoms with Gasteiger partial charge in [0.05, 0.1) is 20.8 Å². The number of para-hydroxylation sites is 1. The highest BCUT2D eigenvalue weighted by Crippen LogP contribution is 2.38. The molecule has 0 saturated carbocycles. The number of amides is 1. The Hall–Kier alpha value is -2.12. The van der Waals surface area contributed by atoms with Gasteiger partial charge in [0.25, 0.3) is 5.91 Å². The van der Waals surface area contributed by atoms with Crippen LogP contribution in [0.3, 0.4) is 0 Å². The molecule has 2 heterocycles. The number of fused-ring (bicyclic) bond motifs is 2. The van der Waals surface area contributed by atoms with E-state index in [4.69, 9.17) is 0 Å². The van der Waals surface area contributed by atoms with Crippen molar-refractivity contribution in [2.45, 2.75) is 26.7 Å². The molecule has 0 atom stereocenters. The van der Waals surface area contributed by atoms with E-state index in [2.05, 4.69) is 29.1 Å². The minimum Gasteiger partial charge on any atom is -0.296 e. The smallest absolute Gasteiger partial charge is 0.286 e. The van der Waals surface area contributed by atoms with Gasteiger partial charge in [-0.15, -0.1) is 11.3 Å². The molecule has 1 amide bonds. The van der Waals surface area contributed by atoms with Crippen molar-refractivity contribution in [3.63, 3.8) is 0 Å². The molecule has 3 aromatic rings. The molecule has 0 aliphatic heterocycles. The number of carbonyl (C=O) groups is 2. The topological polar surface area (TPSA) is 72.0 Å². The Morgan fingerprint density at radius 1 is 1.17 bits per heavy atom. The van der Waals surface area contributed by atoms with E-state index < -0.39 is 0 Å². The number of aromatic nitrogens is 2. The van der Waals surface area contributed by atoms with E-state index in [1.165, 1.54) is 22.7 Å². The third-order valence-corrected chi connectivity index (χ3v) is 6.03. The first-order valence-corrected chi connectivity index (χ1v) is 9.24. The maximum Gasteiger partial charge on any atom is 0.286 e. The molecular formula is C17H15N3O2S2. The normalized spacial score (nSPS) is 16.2. The van der Waals surface area contributed by atoms with Crippen LogP contribution in [0.1, 0.15) is 45.4 Å². The van der Waals surface area contributed by atoms with Crippen molar-refractivity contribution in [3.8, 4) is 0 Å². The number of Topliss-reactive ketones (excluding diaryl/α,β-unsaturated/α-hetero) is 1. The fourth-order valence-electron chi connectivity index (χ4n) is 2.89. The molecule has 0 bridgehead atoms. The quantitative estimate of drug-likeness (QED) is 0.747. The lowest BCUT2D eigenvalue weighted by molar-refractivity contribution is 0.0915. The van der Waals surface area contributed by atoms with Crippen molar-refractivity contribution in [1.82, 2.24) is 9.97 Å². The van der Waals surface area contributed by atoms with Gasteiger partial charge >= 0.3 is 0 Å². The summed E-state index contributed by atoms with van der Waals surface area (Å²) in [7, 11) is 0. The third kappa shape index (κ3) is 2.74. The van der Waals surface area contributed by atoms with E-state index >= 15 is 0 Å². The summed E-state index contributed by atoms with van der Waals surface area (Å²) in [5, 5.41) is 3.66. The number of anilines is 1. The van der Waals surface area contributed by atoms with E-state index in [9.17, 15) is 9.59 Å². The van der Waals surface area contributed by atoms with Gasteiger partial charge in [-0.2, -0.15) is 0 Å². The Balaban J connectivity index is 1.60. The molecule has 122 valence electrons. The van der Waals surface area contributed by atoms with Gasteiger partial charge in [0.2, 0.25) is 0 Å². The largest absolute Gasteiger partial charge is 0.296 e. The molecular weight excluding hydrogens is 342 g/mol. The number of nitrogens with zero attached hydrogens (tertiary/aromatic N) is 2. The van der Waals surface area contributed by atoms with Crippen molar-refractivity contribution in [2.75, 3.05) is 5.32 Å². The fraction of sp³-hybridized carbons (Fsp3) is 0.294. The number of benzene rings is 1. The van der Waals surface area contributed by atoms with Gasteiger partial charge in [0, 0.05) is 6.42 Å². The summed E-state index contributed by atoms with van der Waals surface area (Å²) in [5.74, 6) is -0.173. The van der Waals surface area contributed by atoms with Gasteiger partial charge in [-0.3, -0.25) is 14.9 Å². The molecule has 5 nitrogen and oxygen atoms in total. The Morgan fingerprint density at radius 3 is 2.75 bits per heavy atom. The molecule has 1 N–H and O–H groups in total. The van der Waals surface area contributed by atoms with Crippen LogP contribution in [0.2, 0.25) is 0 Å². The molecule has 1 aliphatic carbocycles. The lowest BCUT2D eigenvalue weighted by atomic mass is 9.78. The zero-order valence-corrected chi connectivity index (χ0v) is 14.9. The Labute approximate surface area is 146 Å². The maximum atomic E-state index is 12.4. The van der Waals surface area contributed by atoms with Crippen molar-refractivity contribution in [1.29, 1.82) is 0 Å². The summed E-state index contributed by atoms with van der Waals surface area (Å²) in [5.41, 5.74) is 1.52. The monoisotopic (exact) mass is 357 g/mol. The summed E-state index contributed by atoms with van der Waals surface area (Å²) < 4.78 is 0.970. The van der Waals surface area contributed by atoms with Gasteiger partial charge < -0.3 is 0 Å². The molecule has 4 rings (SSSR count). The molecule has 1 aliphatic rings. The SMILES string of the molecule is CC1(C)CC(=O)c2sc(NC(=O)c3nc4ccccc4s3)nc2C1. The van der Waals surface area contributed by atoms with Crippen LogP contribution >= 0.6 is 22.7 Å². The average Bonchev–Trinajstić information content (AvgIpc) is 3.09. The van der Waals surface area contributed by atoms with Gasteiger partial charge in [-0.1, -0.05) is 37.3 Å². The molecule has 7 heteroatoms. The zero-order valence-electron chi connectivity index (χ0n) is 13.3. The zero-order chi connectivity index (χ0) is 16.9. The van der Waals surface area contributed by atoms with E-state index in [0.717, 1.165) is 22.3 Å². The lowest BCUT2D eigenvalue weighted by Crippen LogP contribution is -2.26. The van der Waals surface area contributed by atoms with Gasteiger partial charge in [-0.05, 0) is 24.0 Å². The summed E-state index contributed by atoms with van der Waals surface area (Å²) in [6.45, 7) is 4.12. The van der Waals surface area contributed by atoms with Crippen LogP contribution in [0.15, 0.2) is 24.3 Å². The molecule has 0 unspecified atom stereocenters. The number of nitrogens with one attached hydrogen (secondary N) is 1. The van der Waals surface area contributed by atoms with Crippen molar-refractivity contribution >= 4 is 49.7 Å². The highest BCUT2D eigenvalue weighted by atomic mass is 32.1. The molecule has 24 heavy (non-hydrogen) atoms. The first-order chi connectivity index (χ1) is 11.4. The van der Waals surface area contributed by atoms with Crippen LogP contribution in [-0.4, -0.2) is 21.7 Å². The molecule has 0 spiro atoms. The van der Waals surface area contributed by atoms with Crippen molar-refractivity contribution in [3.05, 3.63) is 39.8 Å². The second-order valence-corrected chi connectivity index (χ2v) is 8.71. The van der Waals surface area contributed by atoms with Crippen LogP contribution in [0.4, 0.5) is 5.13 Å². The van der Waals surface area contributed by atoms with Crippen LogP contribution in [0.25, 0.3) is 10.2 Å². The van der Waals surface area contributed by atoms with E-state index in [0.29, 0.717) is 21.4 Å². The van der Waals surface area contributed by atoms with E-state index in [1.54, 1.807) is 0 Å². The number of carbonyl (C=O) groups excluding carboxylic acids is 2. The first-order valence-electron chi connectivity index (χ1n) is 7.61. The minimum atomic E-state index is -0.283. The predicted octanol–water partition coefficient (Wildman–Crippen LogP) is 4.16. The third-order valence-electron chi connectivity index (χ3n) is 3.94. The van der Waals surface area contributed by atoms with E-state index in [-0.39, 0.29) is 17.1 Å². The maximum absolute atomic E-state index is 12.4. The fourth-order valence-corrected chi connectivity index (χ4v) is 4.67. The first kappa shape index (κ1) is 15.4. The molecule has 0 saturated heterocycles. The van der Waals surface area contributed by atoms with Crippen LogP contribution in [0.5, 0.6) is 0 Å². The molecule has 0 radical (unpaired) electrons. The Bertz CT molecular complexity index is 938. The summed E-state index contributed by atoms with van der Waals surface area (Å²) in [6, 6.07) is 7.63. The lowest BCUT2D eigenvalue weighted by Gasteiger charge is -2.26. The molecule has 2 aromatic heterocycles. The number of hydrogen-bond donors (Lipinski definition) is 1. The van der Waals surface area contributed by atoms with Crippen LogP contribution in [-0.2, 0) is 6.42 Å². The number of hydrogen-bond acceptors (Lipinski definition) is 6. The predicted molar refractivity (Wildman–Crippen MR) is 96.1 cm³/mol. The van der Waals surface area contributed by atoms with Gasteiger partial charge in [0.15, 0.2) is 15.9 Å². The number of rotatable bonds is 2. The van der Waals surface area contributed by atoms with Crippen LogP contribution in [0, 0.1) is 5.41 Å². The summed E-state index contributed by atoms with van der Waals surface area (Å²) in [4.78, 5) is 34.1.